The topological polar surface area (TPSA) is 82.3 Å². The summed E-state index contributed by atoms with van der Waals surface area (Å²) in [7, 11) is -3.04. The number of para-hydroxylation sites is 1. The summed E-state index contributed by atoms with van der Waals surface area (Å²) < 4.78 is 34.4. The molecule has 0 fully saturated rings. The Balaban J connectivity index is 1.84. The number of benzene rings is 1. The van der Waals surface area contributed by atoms with Crippen LogP contribution in [-0.2, 0) is 22.7 Å². The fourth-order valence-electron chi connectivity index (χ4n) is 2.64. The Morgan fingerprint density at radius 2 is 2.09 bits per heavy atom. The lowest BCUT2D eigenvalue weighted by Gasteiger charge is -2.17. The van der Waals surface area contributed by atoms with Gasteiger partial charge in [-0.3, -0.25) is 0 Å². The molecule has 0 aliphatic carbocycles. The van der Waals surface area contributed by atoms with E-state index >= 15 is 0 Å². The van der Waals surface area contributed by atoms with Gasteiger partial charge in [0.2, 0.25) is 0 Å². The molecule has 2 heterocycles. The van der Waals surface area contributed by atoms with Gasteiger partial charge >= 0.3 is 0 Å². The quantitative estimate of drug-likeness (QED) is 0.834. The van der Waals surface area contributed by atoms with Crippen LogP contribution in [-0.4, -0.2) is 35.7 Å². The van der Waals surface area contributed by atoms with E-state index in [-0.39, 0.29) is 23.5 Å². The van der Waals surface area contributed by atoms with Crippen LogP contribution < -0.4 is 4.74 Å². The van der Waals surface area contributed by atoms with Gasteiger partial charge in [-0.25, -0.2) is 8.42 Å². The molecule has 1 aliphatic rings. The molecule has 0 amide bonds. The maximum absolute atomic E-state index is 11.6. The molecule has 0 saturated carbocycles. The molecule has 3 rings (SSSR count). The van der Waals surface area contributed by atoms with E-state index in [0.717, 1.165) is 23.3 Å². The second-order valence-electron chi connectivity index (χ2n) is 6.33. The number of aromatic nitrogens is 2. The Kier molecular flexibility index (Phi) is 3.91. The first-order chi connectivity index (χ1) is 10.8. The van der Waals surface area contributed by atoms with Crippen LogP contribution in [0.15, 0.2) is 22.7 Å². The standard InChI is InChI=1S/C16H20N2O4S/c1-4-23(19,20)9-8-13-17-15(22-18-13)12-7-5-6-11-10-16(2,3)21-14(11)12/h5-7H,4,8-10H2,1-3H3. The molecular weight excluding hydrogens is 316 g/mol. The minimum atomic E-state index is -3.04. The molecule has 0 unspecified atom stereocenters. The predicted octanol–water partition coefficient (Wildman–Crippen LogP) is 2.43. The molecule has 1 aliphatic heterocycles. The van der Waals surface area contributed by atoms with Gasteiger partial charge in [0.1, 0.15) is 21.2 Å². The number of hydrogen-bond donors (Lipinski definition) is 0. The third-order valence-electron chi connectivity index (χ3n) is 3.87. The van der Waals surface area contributed by atoms with Crippen molar-refractivity contribution in [3.05, 3.63) is 29.6 Å². The van der Waals surface area contributed by atoms with Crippen LogP contribution in [0.4, 0.5) is 0 Å². The summed E-state index contributed by atoms with van der Waals surface area (Å²) in [6.45, 7) is 5.70. The highest BCUT2D eigenvalue weighted by Crippen LogP contribution is 2.41. The van der Waals surface area contributed by atoms with Gasteiger partial charge in [-0.1, -0.05) is 24.2 Å². The van der Waals surface area contributed by atoms with Gasteiger partial charge in [0.25, 0.3) is 5.89 Å². The number of sulfone groups is 1. The van der Waals surface area contributed by atoms with Gasteiger partial charge in [-0.15, -0.1) is 0 Å². The lowest BCUT2D eigenvalue weighted by atomic mass is 10.0. The van der Waals surface area contributed by atoms with Gasteiger partial charge < -0.3 is 9.26 Å². The van der Waals surface area contributed by atoms with Crippen molar-refractivity contribution in [1.82, 2.24) is 10.1 Å². The summed E-state index contributed by atoms with van der Waals surface area (Å²) in [5, 5.41) is 3.89. The molecule has 1 aromatic carbocycles. The van der Waals surface area contributed by atoms with Crippen LogP contribution in [0.1, 0.15) is 32.2 Å². The predicted molar refractivity (Wildman–Crippen MR) is 86.2 cm³/mol. The first kappa shape index (κ1) is 16.0. The zero-order valence-corrected chi connectivity index (χ0v) is 14.3. The highest BCUT2D eigenvalue weighted by Gasteiger charge is 2.33. The zero-order valence-electron chi connectivity index (χ0n) is 13.5. The second kappa shape index (κ2) is 5.63. The molecule has 7 heteroatoms. The summed E-state index contributed by atoms with van der Waals surface area (Å²) >= 11 is 0. The van der Waals surface area contributed by atoms with Crippen molar-refractivity contribution in [3.8, 4) is 17.2 Å². The lowest BCUT2D eigenvalue weighted by Crippen LogP contribution is -2.24. The Hall–Kier alpha value is -1.89. The van der Waals surface area contributed by atoms with E-state index < -0.39 is 9.84 Å². The van der Waals surface area contributed by atoms with Gasteiger partial charge in [0.15, 0.2) is 5.82 Å². The van der Waals surface area contributed by atoms with Gasteiger partial charge in [0, 0.05) is 18.6 Å². The fourth-order valence-corrected chi connectivity index (χ4v) is 3.42. The van der Waals surface area contributed by atoms with E-state index in [0.29, 0.717) is 11.7 Å². The van der Waals surface area contributed by atoms with Crippen LogP contribution in [0.2, 0.25) is 0 Å². The Morgan fingerprint density at radius 1 is 1.30 bits per heavy atom. The number of aryl methyl sites for hydroxylation is 1. The Morgan fingerprint density at radius 3 is 2.83 bits per heavy atom. The minimum absolute atomic E-state index is 0.0267. The SMILES string of the molecule is CCS(=O)(=O)CCc1noc(-c2cccc3c2OC(C)(C)C3)n1. The van der Waals surface area contributed by atoms with Gasteiger partial charge in [-0.05, 0) is 25.5 Å². The number of nitrogens with zero attached hydrogens (tertiary/aromatic N) is 2. The average molecular weight is 336 g/mol. The number of rotatable bonds is 5. The van der Waals surface area contributed by atoms with Crippen LogP contribution in [0.3, 0.4) is 0 Å². The largest absolute Gasteiger partial charge is 0.486 e. The third-order valence-corrected chi connectivity index (χ3v) is 5.57. The smallest absolute Gasteiger partial charge is 0.261 e. The Labute approximate surface area is 135 Å². The van der Waals surface area contributed by atoms with Crippen molar-refractivity contribution >= 4 is 9.84 Å². The van der Waals surface area contributed by atoms with Crippen LogP contribution in [0.25, 0.3) is 11.5 Å². The average Bonchev–Trinajstić information content (AvgIpc) is 3.07. The van der Waals surface area contributed by atoms with Crippen molar-refractivity contribution < 1.29 is 17.7 Å². The summed E-state index contributed by atoms with van der Waals surface area (Å²) in [5.41, 5.74) is 1.61. The van der Waals surface area contributed by atoms with E-state index in [1.165, 1.54) is 0 Å². The van der Waals surface area contributed by atoms with Crippen LogP contribution in [0, 0.1) is 0 Å². The number of ether oxygens (including phenoxy) is 1. The van der Waals surface area contributed by atoms with E-state index in [2.05, 4.69) is 10.1 Å². The summed E-state index contributed by atoms with van der Waals surface area (Å²) in [5.74, 6) is 1.68. The van der Waals surface area contributed by atoms with Crippen molar-refractivity contribution in [3.63, 3.8) is 0 Å². The molecule has 0 bridgehead atoms. The van der Waals surface area contributed by atoms with Gasteiger partial charge in [-0.2, -0.15) is 4.98 Å². The molecule has 2 aromatic rings. The minimum Gasteiger partial charge on any atom is -0.486 e. The molecule has 6 nitrogen and oxygen atoms in total. The zero-order chi connectivity index (χ0) is 16.7. The highest BCUT2D eigenvalue weighted by molar-refractivity contribution is 7.91. The summed E-state index contributed by atoms with van der Waals surface area (Å²) in [4.78, 5) is 4.32. The maximum Gasteiger partial charge on any atom is 0.261 e. The van der Waals surface area contributed by atoms with Crippen molar-refractivity contribution in [1.29, 1.82) is 0 Å². The first-order valence-corrected chi connectivity index (χ1v) is 9.46. The fraction of sp³-hybridized carbons (Fsp3) is 0.500. The van der Waals surface area contributed by atoms with E-state index in [9.17, 15) is 8.42 Å². The molecule has 0 saturated heterocycles. The van der Waals surface area contributed by atoms with Crippen molar-refractivity contribution in [2.75, 3.05) is 11.5 Å². The number of fused-ring (bicyclic) bond motifs is 1. The monoisotopic (exact) mass is 336 g/mol. The van der Waals surface area contributed by atoms with E-state index in [1.54, 1.807) is 6.92 Å². The van der Waals surface area contributed by atoms with Crippen molar-refractivity contribution in [2.24, 2.45) is 0 Å². The van der Waals surface area contributed by atoms with Crippen LogP contribution >= 0.6 is 0 Å². The lowest BCUT2D eigenvalue weighted by molar-refractivity contribution is 0.139. The molecular formula is C16H20N2O4S. The van der Waals surface area contributed by atoms with E-state index in [1.807, 2.05) is 32.0 Å². The first-order valence-electron chi connectivity index (χ1n) is 7.64. The number of hydrogen-bond acceptors (Lipinski definition) is 6. The van der Waals surface area contributed by atoms with Gasteiger partial charge in [0.05, 0.1) is 11.3 Å². The molecule has 124 valence electrons. The molecule has 0 atom stereocenters. The third kappa shape index (κ3) is 3.39. The molecule has 1 aromatic heterocycles. The Bertz CT molecular complexity index is 824. The van der Waals surface area contributed by atoms with E-state index in [4.69, 9.17) is 9.26 Å². The molecule has 23 heavy (non-hydrogen) atoms. The molecule has 0 radical (unpaired) electrons. The normalized spacial score (nSPS) is 16.1. The van der Waals surface area contributed by atoms with Crippen LogP contribution in [0.5, 0.6) is 5.75 Å². The maximum atomic E-state index is 11.6. The van der Waals surface area contributed by atoms with Crippen molar-refractivity contribution in [2.45, 2.75) is 39.2 Å². The second-order valence-corrected chi connectivity index (χ2v) is 8.81. The summed E-state index contributed by atoms with van der Waals surface area (Å²) in [6.07, 6.45) is 1.08. The molecule has 0 N–H and O–H groups in total. The molecule has 0 spiro atoms. The highest BCUT2D eigenvalue weighted by atomic mass is 32.2. The summed E-state index contributed by atoms with van der Waals surface area (Å²) in [6, 6.07) is 5.84.